The maximum Gasteiger partial charge on any atom is 0.216 e. The molecule has 0 amide bonds. The fraction of sp³-hybridized carbons (Fsp3) is 0.263. The van der Waals surface area contributed by atoms with Crippen LogP contribution in [0.2, 0.25) is 0 Å². The van der Waals surface area contributed by atoms with Crippen molar-refractivity contribution in [3.05, 3.63) is 76.3 Å². The van der Waals surface area contributed by atoms with Crippen LogP contribution in [0.1, 0.15) is 30.0 Å². The van der Waals surface area contributed by atoms with Crippen molar-refractivity contribution in [1.82, 2.24) is 5.32 Å². The van der Waals surface area contributed by atoms with Crippen LogP contribution in [0.15, 0.2) is 59.4 Å². The van der Waals surface area contributed by atoms with Crippen LogP contribution in [-0.2, 0) is 12.6 Å². The Bertz CT molecular complexity index is 888. The van der Waals surface area contributed by atoms with E-state index >= 15 is 0 Å². The van der Waals surface area contributed by atoms with Gasteiger partial charge in [0.25, 0.3) is 0 Å². The minimum atomic E-state index is -1.41. The molecule has 0 bridgehead atoms. The van der Waals surface area contributed by atoms with Gasteiger partial charge in [-0.1, -0.05) is 17.2 Å². The lowest BCUT2D eigenvalue weighted by Gasteiger charge is -2.43. The highest BCUT2D eigenvalue weighted by Crippen LogP contribution is 2.42. The molecule has 2 N–H and O–H groups in total. The molecule has 4 nitrogen and oxygen atoms in total. The van der Waals surface area contributed by atoms with E-state index < -0.39 is 23.5 Å². The van der Waals surface area contributed by atoms with Gasteiger partial charge in [-0.2, -0.15) is 9.83 Å². The highest BCUT2D eigenvalue weighted by Gasteiger charge is 2.50. The number of hydrogen-bond acceptors (Lipinski definition) is 4. The highest BCUT2D eigenvalue weighted by atomic mass is 32.1. The van der Waals surface area contributed by atoms with Gasteiger partial charge in [-0.15, -0.1) is 0 Å². The molecule has 6 heteroatoms. The Labute approximate surface area is 151 Å². The number of pyridine rings is 1. The quantitative estimate of drug-likeness (QED) is 0.641. The fourth-order valence-corrected chi connectivity index (χ4v) is 3.79. The van der Waals surface area contributed by atoms with Crippen molar-refractivity contribution in [3.63, 3.8) is 0 Å². The zero-order chi connectivity index (χ0) is 18.2. The first-order valence-electron chi connectivity index (χ1n) is 7.88. The molecule has 0 radical (unpaired) electrons. The predicted octanol–water partition coefficient (Wildman–Crippen LogP) is 2.34. The molecule has 3 atom stereocenters. The number of nitrogens with one attached hydrogen (secondary N) is 1. The Morgan fingerprint density at radius 3 is 2.76 bits per heavy atom. The molecule has 1 aliphatic heterocycles. The van der Waals surface area contributed by atoms with Crippen molar-refractivity contribution in [3.8, 4) is 6.07 Å². The normalized spacial score (nSPS) is 26.0. The summed E-state index contributed by atoms with van der Waals surface area (Å²) in [5, 5.41) is 23.7. The summed E-state index contributed by atoms with van der Waals surface area (Å²) < 4.78 is 15.7. The lowest BCUT2D eigenvalue weighted by Crippen LogP contribution is -2.63. The van der Waals surface area contributed by atoms with Crippen molar-refractivity contribution in [1.29, 1.82) is 5.26 Å². The van der Waals surface area contributed by atoms with Gasteiger partial charge >= 0.3 is 0 Å². The molecule has 1 aromatic heterocycles. The number of nitrogens with zero attached hydrogens (tertiary/aromatic N) is 2. The van der Waals surface area contributed by atoms with Crippen LogP contribution in [-0.4, -0.2) is 10.8 Å². The molecule has 3 rings (SSSR count). The van der Waals surface area contributed by atoms with Gasteiger partial charge in [0, 0.05) is 17.2 Å². The number of benzene rings is 1. The van der Waals surface area contributed by atoms with E-state index in [0.29, 0.717) is 11.1 Å². The first-order valence-corrected chi connectivity index (χ1v) is 8.29. The molecule has 0 unspecified atom stereocenters. The van der Waals surface area contributed by atoms with Crippen LogP contribution in [0.4, 0.5) is 4.39 Å². The summed E-state index contributed by atoms with van der Waals surface area (Å²) in [6, 6.07) is 11.5. The van der Waals surface area contributed by atoms with Crippen LogP contribution in [0.5, 0.6) is 0 Å². The lowest BCUT2D eigenvalue weighted by atomic mass is 9.78. The summed E-state index contributed by atoms with van der Waals surface area (Å²) in [6.45, 7) is 3.55. The van der Waals surface area contributed by atoms with E-state index in [0.717, 1.165) is 5.56 Å². The molecule has 0 fully saturated rings. The third-order valence-electron chi connectivity index (χ3n) is 4.43. The summed E-state index contributed by atoms with van der Waals surface area (Å²) in [5.74, 6) is -0.969. The average molecular weight is 355 g/mol. The Hall–Kier alpha value is -2.49. The van der Waals surface area contributed by atoms with Crippen molar-refractivity contribution in [2.75, 3.05) is 0 Å². The zero-order valence-electron chi connectivity index (χ0n) is 13.9. The van der Waals surface area contributed by atoms with Crippen molar-refractivity contribution < 1.29 is 14.1 Å². The number of aliphatic hydroxyl groups is 1. The van der Waals surface area contributed by atoms with Crippen LogP contribution in [0.25, 0.3) is 0 Å². The van der Waals surface area contributed by atoms with E-state index in [-0.39, 0.29) is 5.03 Å². The number of nitriles is 1. The minimum absolute atomic E-state index is 0.186. The third-order valence-corrected chi connectivity index (χ3v) is 4.76. The van der Waals surface area contributed by atoms with Crippen LogP contribution >= 0.6 is 0 Å². The summed E-state index contributed by atoms with van der Waals surface area (Å²) in [4.78, 5) is 0. The van der Waals surface area contributed by atoms with Crippen molar-refractivity contribution >= 4 is 12.6 Å². The maximum atomic E-state index is 13.8. The molecule has 2 heterocycles. The summed E-state index contributed by atoms with van der Waals surface area (Å²) >= 11 is 5.28. The molecule has 0 saturated carbocycles. The maximum absolute atomic E-state index is 13.8. The van der Waals surface area contributed by atoms with E-state index in [4.69, 9.17) is 12.6 Å². The van der Waals surface area contributed by atoms with Gasteiger partial charge in [-0.25, -0.2) is 4.39 Å². The fourth-order valence-electron chi connectivity index (χ4n) is 3.41. The monoisotopic (exact) mass is 355 g/mol. The Balaban J connectivity index is 2.26. The summed E-state index contributed by atoms with van der Waals surface area (Å²) in [7, 11) is 0. The number of aromatic nitrogens is 1. The van der Waals surface area contributed by atoms with Crippen molar-refractivity contribution in [2.45, 2.75) is 31.5 Å². The first kappa shape index (κ1) is 17.3. The molecule has 0 saturated heterocycles. The molecule has 128 valence electrons. The van der Waals surface area contributed by atoms with Gasteiger partial charge in [-0.05, 0) is 37.6 Å². The van der Waals surface area contributed by atoms with Gasteiger partial charge in [0.15, 0.2) is 18.1 Å². The smallest absolute Gasteiger partial charge is 0.216 e. The third kappa shape index (κ3) is 3.21. The second-order valence-corrected chi connectivity index (χ2v) is 6.84. The van der Waals surface area contributed by atoms with E-state index in [1.807, 2.05) is 36.0 Å². The molecule has 0 spiro atoms. The molecular weight excluding hydrogens is 337 g/mol. The van der Waals surface area contributed by atoms with Crippen molar-refractivity contribution in [2.24, 2.45) is 0 Å². The van der Waals surface area contributed by atoms with E-state index in [2.05, 4.69) is 11.4 Å². The lowest BCUT2D eigenvalue weighted by molar-refractivity contribution is -0.741. The number of halogens is 1. The van der Waals surface area contributed by atoms with Gasteiger partial charge in [0.1, 0.15) is 5.82 Å². The molecular formula is C19H18FN3OS. The summed E-state index contributed by atoms with van der Waals surface area (Å²) in [6.07, 6.45) is 3.71. The Kier molecular flexibility index (Phi) is 4.46. The minimum Gasteiger partial charge on any atom is -0.762 e. The topological polar surface area (TPSA) is 59.9 Å². The van der Waals surface area contributed by atoms with E-state index in [1.54, 1.807) is 19.1 Å². The van der Waals surface area contributed by atoms with E-state index in [9.17, 15) is 14.8 Å². The molecule has 1 aromatic carbocycles. The number of aryl methyl sites for hydroxylation is 1. The number of allylic oxidation sites excluding steroid dienone is 1. The first-order chi connectivity index (χ1) is 11.8. The molecule has 25 heavy (non-hydrogen) atoms. The van der Waals surface area contributed by atoms with Gasteiger partial charge in [0.2, 0.25) is 6.04 Å². The largest absolute Gasteiger partial charge is 0.762 e. The van der Waals surface area contributed by atoms with Gasteiger partial charge in [0.05, 0.1) is 12.0 Å². The summed E-state index contributed by atoms with van der Waals surface area (Å²) in [5.41, 5.74) is 0.501. The Morgan fingerprint density at radius 2 is 2.12 bits per heavy atom. The second kappa shape index (κ2) is 6.43. The molecule has 0 aliphatic carbocycles. The Morgan fingerprint density at radius 1 is 1.36 bits per heavy atom. The number of rotatable bonds is 2. The van der Waals surface area contributed by atoms with Crippen LogP contribution in [0.3, 0.4) is 0 Å². The van der Waals surface area contributed by atoms with E-state index in [1.165, 1.54) is 12.1 Å². The predicted molar refractivity (Wildman–Crippen MR) is 93.3 cm³/mol. The standard InChI is InChI=1S/C19H18FN3OS/c1-12-5-4-8-23(11-12)17-16(13-6-3-7-14(20)9-13)15(10-21)18(25)22-19(17,2)24/h3-9,11,16-17,22,24H,1-2H3/t16-,17+,19+/m0/s1. The second-order valence-electron chi connectivity index (χ2n) is 6.43. The average Bonchev–Trinajstić information content (AvgIpc) is 2.53. The zero-order valence-corrected chi connectivity index (χ0v) is 14.7. The molecule has 2 aromatic rings. The SMILES string of the molecule is Cc1ccc[n+]([C@@H]2[C@@H](c3cccc(F)c3)C(C#N)=C([S-])N[C@]2(C)O)c1. The van der Waals surface area contributed by atoms with Gasteiger partial charge < -0.3 is 23.1 Å². The highest BCUT2D eigenvalue weighted by molar-refractivity contribution is 7.63. The number of hydrogen-bond donors (Lipinski definition) is 2. The van der Waals surface area contributed by atoms with Crippen LogP contribution in [0, 0.1) is 24.1 Å². The van der Waals surface area contributed by atoms with Crippen LogP contribution < -0.4 is 9.88 Å². The van der Waals surface area contributed by atoms with Gasteiger partial charge in [-0.3, -0.25) is 0 Å². The molecule has 1 aliphatic rings.